The fraction of sp³-hybridized carbons (Fsp3) is 0.526. The lowest BCUT2D eigenvalue weighted by atomic mass is 10.1. The Balaban J connectivity index is 2.84. The quantitative estimate of drug-likeness (QED) is 0.692. The number of carbonyl (C=O) groups excluding carboxylic acids is 3. The second-order valence-electron chi connectivity index (χ2n) is 6.42. The summed E-state index contributed by atoms with van der Waals surface area (Å²) in [5.41, 5.74) is 0.724. The Morgan fingerprint density at radius 1 is 1.12 bits per heavy atom. The Kier molecular flexibility index (Phi) is 9.80. The van der Waals surface area contributed by atoms with Gasteiger partial charge in [-0.25, -0.2) is 4.79 Å². The normalized spacial score (nSPS) is 11.7. The number of benzene rings is 1. The molecule has 0 aliphatic heterocycles. The van der Waals surface area contributed by atoms with Crippen molar-refractivity contribution >= 4 is 28.8 Å². The molecule has 1 unspecified atom stereocenters. The summed E-state index contributed by atoms with van der Waals surface area (Å²) in [6.45, 7) is 6.74. The number of hydrogen-bond donors (Lipinski definition) is 2. The fourth-order valence-electron chi connectivity index (χ4n) is 2.33. The molecule has 6 nitrogen and oxygen atoms in total. The van der Waals surface area contributed by atoms with Crippen LogP contribution in [-0.2, 0) is 9.59 Å². The van der Waals surface area contributed by atoms with Crippen LogP contribution in [-0.4, -0.2) is 47.8 Å². The van der Waals surface area contributed by atoms with E-state index >= 15 is 0 Å². The van der Waals surface area contributed by atoms with Crippen molar-refractivity contribution in [1.82, 2.24) is 15.5 Å². The highest BCUT2D eigenvalue weighted by atomic mass is 32.2. The lowest BCUT2D eigenvalue weighted by Crippen LogP contribution is -2.47. The molecule has 3 amide bonds. The molecule has 2 N–H and O–H groups in total. The average Bonchev–Trinajstić information content (AvgIpc) is 2.61. The van der Waals surface area contributed by atoms with Crippen LogP contribution in [0.25, 0.3) is 0 Å². The van der Waals surface area contributed by atoms with Gasteiger partial charge in [0.05, 0.1) is 0 Å². The molecule has 0 spiro atoms. The number of carbonyl (C=O) groups is 3. The third-order valence-electron chi connectivity index (χ3n) is 3.84. The van der Waals surface area contributed by atoms with Crippen LogP contribution in [0.1, 0.15) is 38.8 Å². The minimum atomic E-state index is -0.754. The summed E-state index contributed by atoms with van der Waals surface area (Å²) in [5.74, 6) is 0.720. The largest absolute Gasteiger partial charge is 0.357 e. The second-order valence-corrected chi connectivity index (χ2v) is 7.69. The fourth-order valence-corrected chi connectivity index (χ4v) is 2.93. The van der Waals surface area contributed by atoms with Gasteiger partial charge in [0.25, 0.3) is 0 Å². The zero-order chi connectivity index (χ0) is 19.5. The van der Waals surface area contributed by atoms with Crippen molar-refractivity contribution in [2.45, 2.75) is 33.2 Å². The van der Waals surface area contributed by atoms with Crippen LogP contribution in [0.5, 0.6) is 0 Å². The van der Waals surface area contributed by atoms with Crippen LogP contribution >= 0.6 is 11.8 Å². The lowest BCUT2D eigenvalue weighted by Gasteiger charge is -2.26. The van der Waals surface area contributed by atoms with E-state index in [1.807, 2.05) is 30.3 Å². The van der Waals surface area contributed by atoms with E-state index in [1.54, 1.807) is 11.9 Å². The van der Waals surface area contributed by atoms with Crippen molar-refractivity contribution in [3.8, 4) is 0 Å². The summed E-state index contributed by atoms with van der Waals surface area (Å²) in [6, 6.07) is 8.09. The van der Waals surface area contributed by atoms with Crippen molar-refractivity contribution in [3.63, 3.8) is 0 Å². The molecule has 0 saturated heterocycles. The number of hydrogen-bond acceptors (Lipinski definition) is 4. The van der Waals surface area contributed by atoms with Crippen molar-refractivity contribution in [2.75, 3.05) is 25.9 Å². The number of thioether (sulfide) groups is 1. The molecule has 0 saturated carbocycles. The lowest BCUT2D eigenvalue weighted by molar-refractivity contribution is -0.122. The number of urea groups is 1. The van der Waals surface area contributed by atoms with Crippen LogP contribution in [0.4, 0.5) is 4.79 Å². The SMILES string of the molecule is CNC(=O)C(NC(=O)N(CCSC(C)=O)CCC(C)C)c1ccccc1. The maximum Gasteiger partial charge on any atom is 0.318 e. The van der Waals surface area contributed by atoms with Crippen molar-refractivity contribution in [1.29, 1.82) is 0 Å². The van der Waals surface area contributed by atoms with Gasteiger partial charge in [-0.2, -0.15) is 0 Å². The van der Waals surface area contributed by atoms with E-state index in [9.17, 15) is 14.4 Å². The topological polar surface area (TPSA) is 78.5 Å². The van der Waals surface area contributed by atoms with E-state index in [4.69, 9.17) is 0 Å². The van der Waals surface area contributed by atoms with Crippen LogP contribution in [0.3, 0.4) is 0 Å². The van der Waals surface area contributed by atoms with Crippen LogP contribution < -0.4 is 10.6 Å². The number of nitrogens with one attached hydrogen (secondary N) is 2. The van der Waals surface area contributed by atoms with Gasteiger partial charge in [0.2, 0.25) is 5.91 Å². The van der Waals surface area contributed by atoms with Crippen molar-refractivity contribution in [2.24, 2.45) is 5.92 Å². The molecule has 144 valence electrons. The summed E-state index contributed by atoms with van der Waals surface area (Å²) in [4.78, 5) is 37.8. The van der Waals surface area contributed by atoms with E-state index in [-0.39, 0.29) is 17.1 Å². The van der Waals surface area contributed by atoms with Gasteiger partial charge >= 0.3 is 6.03 Å². The minimum absolute atomic E-state index is 0.0294. The van der Waals surface area contributed by atoms with E-state index in [0.717, 1.165) is 12.0 Å². The molecule has 1 aromatic carbocycles. The van der Waals surface area contributed by atoms with Crippen molar-refractivity contribution < 1.29 is 14.4 Å². The number of rotatable bonds is 9. The molecule has 1 aromatic rings. The third-order valence-corrected chi connectivity index (χ3v) is 4.63. The Labute approximate surface area is 160 Å². The Bertz CT molecular complexity index is 593. The number of amides is 3. The molecular formula is C19H29N3O3S. The molecule has 0 aliphatic carbocycles. The smallest absolute Gasteiger partial charge is 0.318 e. The molecule has 1 atom stereocenters. The van der Waals surface area contributed by atoms with Gasteiger partial charge in [-0.1, -0.05) is 55.9 Å². The molecule has 0 aliphatic rings. The van der Waals surface area contributed by atoms with Gasteiger partial charge in [-0.15, -0.1) is 0 Å². The molecular weight excluding hydrogens is 350 g/mol. The second kappa shape index (κ2) is 11.6. The maximum atomic E-state index is 12.8. The van der Waals surface area contributed by atoms with E-state index < -0.39 is 6.04 Å². The van der Waals surface area contributed by atoms with Gasteiger partial charge in [-0.3, -0.25) is 9.59 Å². The van der Waals surface area contributed by atoms with Gasteiger partial charge in [0.15, 0.2) is 5.12 Å². The number of nitrogens with zero attached hydrogens (tertiary/aromatic N) is 1. The molecule has 0 radical (unpaired) electrons. The Morgan fingerprint density at radius 2 is 1.77 bits per heavy atom. The molecule has 0 fully saturated rings. The molecule has 0 aromatic heterocycles. The highest BCUT2D eigenvalue weighted by Crippen LogP contribution is 2.14. The monoisotopic (exact) mass is 379 g/mol. The first-order valence-corrected chi connectivity index (χ1v) is 9.79. The molecule has 7 heteroatoms. The predicted molar refractivity (Wildman–Crippen MR) is 106 cm³/mol. The highest BCUT2D eigenvalue weighted by molar-refractivity contribution is 8.13. The Morgan fingerprint density at radius 3 is 2.31 bits per heavy atom. The van der Waals surface area contributed by atoms with Gasteiger partial charge in [0, 0.05) is 32.8 Å². The summed E-state index contributed by atoms with van der Waals surface area (Å²) in [7, 11) is 1.55. The first-order chi connectivity index (χ1) is 12.3. The maximum absolute atomic E-state index is 12.8. The van der Waals surface area contributed by atoms with E-state index in [0.29, 0.717) is 24.8 Å². The van der Waals surface area contributed by atoms with Crippen LogP contribution in [0, 0.1) is 5.92 Å². The highest BCUT2D eigenvalue weighted by Gasteiger charge is 2.24. The van der Waals surface area contributed by atoms with Gasteiger partial charge < -0.3 is 15.5 Å². The molecule has 26 heavy (non-hydrogen) atoms. The first kappa shape index (κ1) is 22.0. The Hall–Kier alpha value is -2.02. The molecule has 1 rings (SSSR count). The average molecular weight is 380 g/mol. The van der Waals surface area contributed by atoms with E-state index in [2.05, 4.69) is 24.5 Å². The van der Waals surface area contributed by atoms with Gasteiger partial charge in [-0.05, 0) is 17.9 Å². The summed E-state index contributed by atoms with van der Waals surface area (Å²) in [5, 5.41) is 5.45. The standard InChI is InChI=1S/C19H29N3O3S/c1-14(2)10-11-22(12-13-26-15(3)23)19(25)21-17(18(24)20-4)16-8-6-5-7-9-16/h5-9,14,17H,10-13H2,1-4H3,(H,20,24)(H,21,25). The zero-order valence-electron chi connectivity index (χ0n) is 16.0. The molecule has 0 bridgehead atoms. The summed E-state index contributed by atoms with van der Waals surface area (Å²) in [6.07, 6.45) is 0.855. The van der Waals surface area contributed by atoms with Crippen LogP contribution in [0.2, 0.25) is 0 Å². The predicted octanol–water partition coefficient (Wildman–Crippen LogP) is 2.81. The summed E-state index contributed by atoms with van der Waals surface area (Å²) >= 11 is 1.20. The first-order valence-electron chi connectivity index (χ1n) is 8.80. The zero-order valence-corrected chi connectivity index (χ0v) is 16.8. The van der Waals surface area contributed by atoms with Crippen molar-refractivity contribution in [3.05, 3.63) is 35.9 Å². The molecule has 0 heterocycles. The minimum Gasteiger partial charge on any atom is -0.357 e. The number of likely N-dealkylation sites (N-methyl/N-ethyl adjacent to an activating group) is 1. The van der Waals surface area contributed by atoms with Gasteiger partial charge in [0.1, 0.15) is 6.04 Å². The van der Waals surface area contributed by atoms with Crippen LogP contribution in [0.15, 0.2) is 30.3 Å². The third kappa shape index (κ3) is 7.91. The summed E-state index contributed by atoms with van der Waals surface area (Å²) < 4.78 is 0. The van der Waals surface area contributed by atoms with E-state index in [1.165, 1.54) is 18.7 Å².